The second-order valence-electron chi connectivity index (χ2n) is 3.83. The molecule has 1 fully saturated rings. The van der Waals surface area contributed by atoms with Gasteiger partial charge in [0.1, 0.15) is 5.56 Å². The van der Waals surface area contributed by atoms with Crippen molar-refractivity contribution >= 4 is 11.8 Å². The number of hydrogen-bond donors (Lipinski definition) is 1. The summed E-state index contributed by atoms with van der Waals surface area (Å²) in [5.41, 5.74) is 3.58. The Morgan fingerprint density at radius 3 is 3.06 bits per heavy atom. The van der Waals surface area contributed by atoms with E-state index in [1.807, 2.05) is 5.01 Å². The normalized spacial score (nSPS) is 16.3. The molecule has 6 nitrogen and oxygen atoms in total. The van der Waals surface area contributed by atoms with Crippen LogP contribution in [0.5, 0.6) is 0 Å². The number of hydrogen-bond acceptors (Lipinski definition) is 6. The van der Waals surface area contributed by atoms with Crippen molar-refractivity contribution in [2.75, 3.05) is 38.3 Å². The molecule has 0 aromatic carbocycles. The number of esters is 1. The minimum absolute atomic E-state index is 0.352. The van der Waals surface area contributed by atoms with E-state index < -0.39 is 0 Å². The second-order valence-corrected chi connectivity index (χ2v) is 3.83. The lowest BCUT2D eigenvalue weighted by Crippen LogP contribution is -2.40. The molecule has 2 heterocycles. The van der Waals surface area contributed by atoms with Gasteiger partial charge in [-0.2, -0.15) is 0 Å². The molecule has 6 heteroatoms. The fraction of sp³-hybridized carbons (Fsp3) is 0.500. The number of morpholine rings is 1. The summed E-state index contributed by atoms with van der Waals surface area (Å²) in [4.78, 5) is 15.9. The number of rotatable bonds is 4. The van der Waals surface area contributed by atoms with Gasteiger partial charge in [0.15, 0.2) is 5.82 Å². The SMILES string of the molecule is CCOC(=O)c1cccnc1NN1CCOCC1. The minimum Gasteiger partial charge on any atom is -0.462 e. The summed E-state index contributed by atoms with van der Waals surface area (Å²) in [5, 5.41) is 1.98. The fourth-order valence-electron chi connectivity index (χ4n) is 1.69. The van der Waals surface area contributed by atoms with Gasteiger partial charge in [-0.05, 0) is 19.1 Å². The number of carbonyl (C=O) groups is 1. The quantitative estimate of drug-likeness (QED) is 0.803. The van der Waals surface area contributed by atoms with Gasteiger partial charge in [-0.1, -0.05) is 0 Å². The molecule has 0 aliphatic carbocycles. The van der Waals surface area contributed by atoms with Crippen LogP contribution in [0.2, 0.25) is 0 Å². The van der Waals surface area contributed by atoms with E-state index in [2.05, 4.69) is 10.4 Å². The number of pyridine rings is 1. The summed E-state index contributed by atoms with van der Waals surface area (Å²) in [6, 6.07) is 3.42. The summed E-state index contributed by atoms with van der Waals surface area (Å²) < 4.78 is 10.3. The number of nitrogens with zero attached hydrogens (tertiary/aromatic N) is 2. The van der Waals surface area contributed by atoms with Crippen molar-refractivity contribution in [3.63, 3.8) is 0 Å². The van der Waals surface area contributed by atoms with Crippen LogP contribution in [0.4, 0.5) is 5.82 Å². The first-order chi connectivity index (χ1) is 8.81. The van der Waals surface area contributed by atoms with E-state index in [4.69, 9.17) is 9.47 Å². The summed E-state index contributed by atoms with van der Waals surface area (Å²) in [6.45, 7) is 5.01. The first-order valence-corrected chi connectivity index (χ1v) is 6.02. The average Bonchev–Trinajstić information content (AvgIpc) is 2.41. The smallest absolute Gasteiger partial charge is 0.341 e. The molecule has 18 heavy (non-hydrogen) atoms. The Bertz CT molecular complexity index is 405. The zero-order chi connectivity index (χ0) is 12.8. The van der Waals surface area contributed by atoms with E-state index in [1.165, 1.54) is 0 Å². The topological polar surface area (TPSA) is 63.7 Å². The number of aromatic nitrogens is 1. The van der Waals surface area contributed by atoms with Gasteiger partial charge in [0, 0.05) is 19.3 Å². The molecule has 0 saturated carbocycles. The highest BCUT2D eigenvalue weighted by molar-refractivity contribution is 5.94. The monoisotopic (exact) mass is 251 g/mol. The Hall–Kier alpha value is -1.66. The lowest BCUT2D eigenvalue weighted by atomic mass is 10.2. The number of nitrogens with one attached hydrogen (secondary N) is 1. The zero-order valence-electron chi connectivity index (χ0n) is 10.4. The van der Waals surface area contributed by atoms with E-state index >= 15 is 0 Å². The maximum Gasteiger partial charge on any atom is 0.341 e. The van der Waals surface area contributed by atoms with Gasteiger partial charge in [0.05, 0.1) is 19.8 Å². The molecule has 0 spiro atoms. The molecule has 1 saturated heterocycles. The Labute approximate surface area is 106 Å². The Kier molecular flexibility index (Phi) is 4.49. The third-order valence-electron chi connectivity index (χ3n) is 2.58. The summed E-state index contributed by atoms with van der Waals surface area (Å²) >= 11 is 0. The molecule has 1 aromatic heterocycles. The maximum atomic E-state index is 11.8. The van der Waals surface area contributed by atoms with E-state index in [0.29, 0.717) is 31.2 Å². The third-order valence-corrected chi connectivity index (χ3v) is 2.58. The average molecular weight is 251 g/mol. The van der Waals surface area contributed by atoms with Crippen molar-refractivity contribution in [2.45, 2.75) is 6.92 Å². The highest BCUT2D eigenvalue weighted by Gasteiger charge is 2.16. The molecule has 0 radical (unpaired) electrons. The van der Waals surface area contributed by atoms with Crippen LogP contribution in [0.25, 0.3) is 0 Å². The molecular formula is C12H17N3O3. The van der Waals surface area contributed by atoms with E-state index in [1.54, 1.807) is 25.3 Å². The lowest BCUT2D eigenvalue weighted by molar-refractivity contribution is 0.0485. The summed E-state index contributed by atoms with van der Waals surface area (Å²) in [7, 11) is 0. The predicted octanol–water partition coefficient (Wildman–Crippen LogP) is 0.917. The number of anilines is 1. The molecule has 0 unspecified atom stereocenters. The molecular weight excluding hydrogens is 234 g/mol. The van der Waals surface area contributed by atoms with Crippen molar-refractivity contribution in [3.05, 3.63) is 23.9 Å². The molecule has 1 aliphatic rings. The molecule has 1 aromatic rings. The summed E-state index contributed by atoms with van der Waals surface area (Å²) in [5.74, 6) is 0.166. The number of ether oxygens (including phenoxy) is 2. The number of hydrazine groups is 1. The molecule has 1 aliphatic heterocycles. The van der Waals surface area contributed by atoms with Crippen LogP contribution >= 0.6 is 0 Å². The van der Waals surface area contributed by atoms with Crippen molar-refractivity contribution < 1.29 is 14.3 Å². The van der Waals surface area contributed by atoms with Gasteiger partial charge >= 0.3 is 5.97 Å². The molecule has 0 atom stereocenters. The Morgan fingerprint density at radius 2 is 2.33 bits per heavy atom. The first-order valence-electron chi connectivity index (χ1n) is 6.02. The summed E-state index contributed by atoms with van der Waals surface area (Å²) in [6.07, 6.45) is 1.64. The van der Waals surface area contributed by atoms with Crippen LogP contribution in [0.1, 0.15) is 17.3 Å². The van der Waals surface area contributed by atoms with Crippen LogP contribution in [0.3, 0.4) is 0 Å². The van der Waals surface area contributed by atoms with Gasteiger partial charge in [0.25, 0.3) is 0 Å². The van der Waals surface area contributed by atoms with Crippen LogP contribution in [-0.4, -0.2) is 48.9 Å². The standard InChI is InChI=1S/C12H17N3O3/c1-2-18-12(16)10-4-3-5-13-11(10)14-15-6-8-17-9-7-15/h3-5H,2,6-9H2,1H3,(H,13,14). The van der Waals surface area contributed by atoms with E-state index in [0.717, 1.165) is 13.1 Å². The number of carbonyl (C=O) groups excluding carboxylic acids is 1. The molecule has 98 valence electrons. The van der Waals surface area contributed by atoms with Gasteiger partial charge in [-0.25, -0.2) is 14.8 Å². The van der Waals surface area contributed by atoms with Gasteiger partial charge in [0.2, 0.25) is 0 Å². The molecule has 0 amide bonds. The molecule has 2 rings (SSSR count). The van der Waals surface area contributed by atoms with Gasteiger partial charge in [-0.3, -0.25) is 0 Å². The minimum atomic E-state index is -0.360. The first kappa shape index (κ1) is 12.8. The Balaban J connectivity index is 2.08. The molecule has 0 bridgehead atoms. The van der Waals surface area contributed by atoms with Crippen LogP contribution in [0.15, 0.2) is 18.3 Å². The van der Waals surface area contributed by atoms with Crippen LogP contribution in [-0.2, 0) is 9.47 Å². The van der Waals surface area contributed by atoms with Gasteiger partial charge in [-0.15, -0.1) is 0 Å². The van der Waals surface area contributed by atoms with Crippen molar-refractivity contribution in [2.24, 2.45) is 0 Å². The fourth-order valence-corrected chi connectivity index (χ4v) is 1.69. The van der Waals surface area contributed by atoms with E-state index in [-0.39, 0.29) is 5.97 Å². The predicted molar refractivity (Wildman–Crippen MR) is 66.2 cm³/mol. The third kappa shape index (κ3) is 3.18. The van der Waals surface area contributed by atoms with Crippen molar-refractivity contribution in [1.29, 1.82) is 0 Å². The van der Waals surface area contributed by atoms with Gasteiger partial charge < -0.3 is 14.9 Å². The van der Waals surface area contributed by atoms with Crippen LogP contribution < -0.4 is 5.43 Å². The zero-order valence-corrected chi connectivity index (χ0v) is 10.4. The maximum absolute atomic E-state index is 11.8. The second kappa shape index (κ2) is 6.32. The largest absolute Gasteiger partial charge is 0.462 e. The van der Waals surface area contributed by atoms with Crippen molar-refractivity contribution in [1.82, 2.24) is 9.99 Å². The highest BCUT2D eigenvalue weighted by atomic mass is 16.5. The van der Waals surface area contributed by atoms with Crippen LogP contribution in [0, 0.1) is 0 Å². The van der Waals surface area contributed by atoms with E-state index in [9.17, 15) is 4.79 Å². The van der Waals surface area contributed by atoms with Crippen molar-refractivity contribution in [3.8, 4) is 0 Å². The Morgan fingerprint density at radius 1 is 1.56 bits per heavy atom. The molecule has 1 N–H and O–H groups in total. The lowest BCUT2D eigenvalue weighted by Gasteiger charge is -2.27. The highest BCUT2D eigenvalue weighted by Crippen LogP contribution is 2.14.